The number of hydrogen-bond acceptors (Lipinski definition) is 4. The maximum atomic E-state index is 13.3. The van der Waals surface area contributed by atoms with Crippen molar-refractivity contribution in [2.75, 3.05) is 18.5 Å². The van der Waals surface area contributed by atoms with Gasteiger partial charge in [0.15, 0.2) is 0 Å². The Morgan fingerprint density at radius 2 is 1.79 bits per heavy atom. The second kappa shape index (κ2) is 9.96. The summed E-state index contributed by atoms with van der Waals surface area (Å²) < 4.78 is 13.0. The number of rotatable bonds is 8. The molecule has 0 radical (unpaired) electrons. The zero-order valence-electron chi connectivity index (χ0n) is 18.8. The number of amides is 1. The first-order valence-electron chi connectivity index (χ1n) is 11.0. The molecule has 1 unspecified atom stereocenters. The third kappa shape index (κ3) is 4.81. The van der Waals surface area contributed by atoms with Gasteiger partial charge in [0.1, 0.15) is 23.2 Å². The predicted molar refractivity (Wildman–Crippen MR) is 132 cm³/mol. The van der Waals surface area contributed by atoms with Gasteiger partial charge in [-0.3, -0.25) is 9.48 Å². The highest BCUT2D eigenvalue weighted by Crippen LogP contribution is 2.33. The summed E-state index contributed by atoms with van der Waals surface area (Å²) >= 11 is 6.28. The van der Waals surface area contributed by atoms with Crippen LogP contribution >= 0.6 is 11.6 Å². The van der Waals surface area contributed by atoms with Crippen LogP contribution in [0.2, 0.25) is 5.02 Å². The maximum Gasteiger partial charge on any atom is 0.249 e. The number of nitrogens with one attached hydrogen (secondary N) is 1. The van der Waals surface area contributed by atoms with Gasteiger partial charge in [-0.25, -0.2) is 0 Å². The van der Waals surface area contributed by atoms with Gasteiger partial charge in [0.05, 0.1) is 24.4 Å². The first-order chi connectivity index (χ1) is 16.0. The van der Waals surface area contributed by atoms with Crippen molar-refractivity contribution < 1.29 is 14.3 Å². The lowest BCUT2D eigenvalue weighted by molar-refractivity contribution is -0.119. The van der Waals surface area contributed by atoms with Gasteiger partial charge >= 0.3 is 0 Å². The second-order valence-electron chi connectivity index (χ2n) is 7.51. The summed E-state index contributed by atoms with van der Waals surface area (Å²) in [5.74, 6) is 1.03. The second-order valence-corrected chi connectivity index (χ2v) is 7.95. The molecular weight excluding hydrogens is 438 g/mol. The van der Waals surface area contributed by atoms with Gasteiger partial charge in [0.2, 0.25) is 5.91 Å². The summed E-state index contributed by atoms with van der Waals surface area (Å²) in [6.45, 7) is 6.64. The number of anilines is 1. The first-order valence-corrected chi connectivity index (χ1v) is 11.3. The number of hydrogen-bond donors (Lipinski definition) is 1. The highest BCUT2D eigenvalue weighted by molar-refractivity contribution is 6.31. The first kappa shape index (κ1) is 22.7. The summed E-state index contributed by atoms with van der Waals surface area (Å²) in [6, 6.07) is 20.2. The van der Waals surface area contributed by atoms with Gasteiger partial charge < -0.3 is 14.8 Å². The van der Waals surface area contributed by atoms with Gasteiger partial charge in [-0.05, 0) is 51.1 Å². The highest BCUT2D eigenvalue weighted by atomic mass is 35.5. The van der Waals surface area contributed by atoms with Gasteiger partial charge in [-0.15, -0.1) is 0 Å². The number of ether oxygens (including phenoxy) is 2. The van der Waals surface area contributed by atoms with E-state index < -0.39 is 6.04 Å². The molecular formula is C26H26ClN3O3. The summed E-state index contributed by atoms with van der Waals surface area (Å²) in [5.41, 5.74) is 3.12. The zero-order valence-corrected chi connectivity index (χ0v) is 19.6. The minimum Gasteiger partial charge on any atom is -0.494 e. The molecule has 0 aliphatic rings. The molecule has 170 valence electrons. The molecule has 4 aromatic rings. The summed E-state index contributed by atoms with van der Waals surface area (Å²) in [7, 11) is 0. The van der Waals surface area contributed by atoms with E-state index in [2.05, 4.69) is 5.32 Å². The van der Waals surface area contributed by atoms with Crippen LogP contribution < -0.4 is 14.8 Å². The maximum absolute atomic E-state index is 13.3. The van der Waals surface area contributed by atoms with Crippen LogP contribution in [-0.2, 0) is 4.79 Å². The van der Waals surface area contributed by atoms with E-state index in [4.69, 9.17) is 26.2 Å². The molecule has 1 atom stereocenters. The van der Waals surface area contributed by atoms with E-state index in [1.807, 2.05) is 69.3 Å². The van der Waals surface area contributed by atoms with E-state index in [-0.39, 0.29) is 5.91 Å². The molecule has 0 fully saturated rings. The van der Waals surface area contributed by atoms with Crippen LogP contribution in [0.1, 0.15) is 26.8 Å². The minimum absolute atomic E-state index is 0.219. The van der Waals surface area contributed by atoms with Crippen molar-refractivity contribution in [2.24, 2.45) is 0 Å². The Morgan fingerprint density at radius 3 is 2.52 bits per heavy atom. The van der Waals surface area contributed by atoms with Crippen LogP contribution in [0.5, 0.6) is 11.5 Å². The SMILES string of the molecule is CCOc1ccc(OCC)c(NC(=O)C(C)n2nc(-c3ccccc3)c3cc(Cl)ccc32)c1. The fourth-order valence-corrected chi connectivity index (χ4v) is 3.88. The average Bonchev–Trinajstić information content (AvgIpc) is 3.19. The number of halogens is 1. The lowest BCUT2D eigenvalue weighted by atomic mass is 10.1. The minimum atomic E-state index is -0.587. The van der Waals surface area contributed by atoms with Crippen molar-refractivity contribution in [2.45, 2.75) is 26.8 Å². The van der Waals surface area contributed by atoms with Crippen LogP contribution in [0.4, 0.5) is 5.69 Å². The molecule has 3 aromatic carbocycles. The van der Waals surface area contributed by atoms with E-state index in [1.165, 1.54) is 0 Å². The molecule has 1 heterocycles. The number of carbonyl (C=O) groups excluding carboxylic acids is 1. The van der Waals surface area contributed by atoms with E-state index >= 15 is 0 Å². The Morgan fingerprint density at radius 1 is 1.03 bits per heavy atom. The third-order valence-electron chi connectivity index (χ3n) is 5.28. The van der Waals surface area contributed by atoms with Gasteiger partial charge in [-0.1, -0.05) is 41.9 Å². The van der Waals surface area contributed by atoms with Crippen molar-refractivity contribution in [3.63, 3.8) is 0 Å². The summed E-state index contributed by atoms with van der Waals surface area (Å²) in [6.07, 6.45) is 0. The van der Waals surface area contributed by atoms with Crippen LogP contribution in [0.3, 0.4) is 0 Å². The molecule has 4 rings (SSSR count). The number of carbonyl (C=O) groups is 1. The van der Waals surface area contributed by atoms with Gasteiger partial charge in [0, 0.05) is 22.0 Å². The van der Waals surface area contributed by atoms with Gasteiger partial charge in [0.25, 0.3) is 0 Å². The Kier molecular flexibility index (Phi) is 6.84. The normalized spacial score (nSPS) is 11.9. The molecule has 0 aliphatic heterocycles. The quantitative estimate of drug-likeness (QED) is 0.330. The molecule has 0 bridgehead atoms. The standard InChI is InChI=1S/C26H26ClN3O3/c1-4-32-20-12-14-24(33-5-2)22(16-20)28-26(31)17(3)30-23-13-11-19(27)15-21(23)25(29-30)18-9-7-6-8-10-18/h6-17H,4-5H2,1-3H3,(H,28,31). The lowest BCUT2D eigenvalue weighted by Crippen LogP contribution is -2.24. The largest absolute Gasteiger partial charge is 0.494 e. The lowest BCUT2D eigenvalue weighted by Gasteiger charge is -2.17. The molecule has 33 heavy (non-hydrogen) atoms. The van der Waals surface area contributed by atoms with E-state index in [9.17, 15) is 4.79 Å². The molecule has 6 nitrogen and oxygen atoms in total. The van der Waals surface area contributed by atoms with Crippen molar-refractivity contribution >= 4 is 34.1 Å². The Labute approximate surface area is 198 Å². The topological polar surface area (TPSA) is 65.4 Å². The number of fused-ring (bicyclic) bond motifs is 1. The molecule has 1 amide bonds. The summed E-state index contributed by atoms with van der Waals surface area (Å²) in [4.78, 5) is 13.3. The third-order valence-corrected chi connectivity index (χ3v) is 5.52. The Hall–Kier alpha value is -3.51. The monoisotopic (exact) mass is 463 g/mol. The van der Waals surface area contributed by atoms with Crippen molar-refractivity contribution in [1.29, 1.82) is 0 Å². The molecule has 0 saturated carbocycles. The fraction of sp³-hybridized carbons (Fsp3) is 0.231. The number of benzene rings is 3. The fourth-order valence-electron chi connectivity index (χ4n) is 3.71. The molecule has 1 aromatic heterocycles. The number of nitrogens with zero attached hydrogens (tertiary/aromatic N) is 2. The van der Waals surface area contributed by atoms with E-state index in [0.29, 0.717) is 35.4 Å². The Balaban J connectivity index is 1.70. The predicted octanol–water partition coefficient (Wildman–Crippen LogP) is 6.35. The van der Waals surface area contributed by atoms with Crippen molar-refractivity contribution in [3.05, 3.63) is 71.8 Å². The van der Waals surface area contributed by atoms with Crippen LogP contribution in [0.15, 0.2) is 66.7 Å². The van der Waals surface area contributed by atoms with E-state index in [1.54, 1.807) is 22.9 Å². The van der Waals surface area contributed by atoms with Crippen LogP contribution in [-0.4, -0.2) is 28.9 Å². The van der Waals surface area contributed by atoms with E-state index in [0.717, 1.165) is 22.2 Å². The molecule has 0 saturated heterocycles. The highest BCUT2D eigenvalue weighted by Gasteiger charge is 2.22. The molecule has 0 spiro atoms. The van der Waals surface area contributed by atoms with Crippen molar-refractivity contribution in [1.82, 2.24) is 9.78 Å². The van der Waals surface area contributed by atoms with Gasteiger partial charge in [-0.2, -0.15) is 5.10 Å². The summed E-state index contributed by atoms with van der Waals surface area (Å²) in [5, 5.41) is 9.30. The Bertz CT molecular complexity index is 1270. The van der Waals surface area contributed by atoms with Crippen LogP contribution in [0.25, 0.3) is 22.2 Å². The number of aromatic nitrogens is 2. The molecule has 0 aliphatic carbocycles. The van der Waals surface area contributed by atoms with Crippen molar-refractivity contribution in [3.8, 4) is 22.8 Å². The molecule has 1 N–H and O–H groups in total. The van der Waals surface area contributed by atoms with Crippen LogP contribution in [0, 0.1) is 0 Å². The average molecular weight is 464 g/mol. The zero-order chi connectivity index (χ0) is 23.4. The molecule has 7 heteroatoms. The smallest absolute Gasteiger partial charge is 0.249 e.